The first-order valence-corrected chi connectivity index (χ1v) is 13.4. The van der Waals surface area contributed by atoms with Crippen LogP contribution in [0, 0.1) is 5.92 Å². The van der Waals surface area contributed by atoms with Gasteiger partial charge in [0, 0.05) is 31.0 Å². The smallest absolute Gasteiger partial charge is 0.160 e. The molecule has 0 saturated heterocycles. The van der Waals surface area contributed by atoms with E-state index in [1.165, 1.54) is 11.9 Å². The van der Waals surface area contributed by atoms with Crippen molar-refractivity contribution in [1.29, 1.82) is 0 Å². The third-order valence-electron chi connectivity index (χ3n) is 6.86. The minimum atomic E-state index is 0.469. The van der Waals surface area contributed by atoms with Crippen LogP contribution in [0.25, 0.3) is 16.7 Å². The lowest BCUT2D eigenvalue weighted by Crippen LogP contribution is -2.29. The molecule has 1 aliphatic rings. The second-order valence-electron chi connectivity index (χ2n) is 9.80. The van der Waals surface area contributed by atoms with Crippen LogP contribution in [-0.4, -0.2) is 42.6 Å². The van der Waals surface area contributed by atoms with Gasteiger partial charge in [0.15, 0.2) is 11.5 Å². The van der Waals surface area contributed by atoms with Crippen LogP contribution in [0.3, 0.4) is 0 Å². The molecule has 9 nitrogen and oxygen atoms in total. The Morgan fingerprint density at radius 2 is 2.03 bits per heavy atom. The van der Waals surface area contributed by atoms with Crippen molar-refractivity contribution in [2.24, 2.45) is 5.92 Å². The summed E-state index contributed by atoms with van der Waals surface area (Å²) in [4.78, 5) is 20.8. The van der Waals surface area contributed by atoms with Gasteiger partial charge in [0.05, 0.1) is 10.5 Å². The average Bonchev–Trinajstić information content (AvgIpc) is 3.33. The quantitative estimate of drug-likeness (QED) is 0.258. The summed E-state index contributed by atoms with van der Waals surface area (Å²) in [5.41, 5.74) is 4.32. The number of aromatic nitrogens is 6. The summed E-state index contributed by atoms with van der Waals surface area (Å²) in [6, 6.07) is 11.4. The van der Waals surface area contributed by atoms with Crippen molar-refractivity contribution in [2.45, 2.75) is 39.5 Å². The van der Waals surface area contributed by atoms with Crippen LogP contribution < -0.4 is 15.0 Å². The van der Waals surface area contributed by atoms with Crippen molar-refractivity contribution in [2.75, 3.05) is 23.3 Å². The summed E-state index contributed by atoms with van der Waals surface area (Å²) in [5, 5.41) is 7.97. The molecule has 0 aliphatic carbocycles. The van der Waals surface area contributed by atoms with Gasteiger partial charge in [-0.05, 0) is 61.1 Å². The molecule has 0 saturated carbocycles. The molecular weight excluding hydrogens is 500 g/mol. The molecule has 0 amide bonds. The summed E-state index contributed by atoms with van der Waals surface area (Å²) in [6.07, 6.45) is 9.32. The van der Waals surface area contributed by atoms with Gasteiger partial charge in [0.25, 0.3) is 0 Å². The molecule has 1 atom stereocenters. The summed E-state index contributed by atoms with van der Waals surface area (Å²) < 4.78 is 7.68. The Balaban J connectivity index is 1.28. The number of aryl methyl sites for hydroxylation is 1. The molecular formula is C28H29ClN8O. The van der Waals surface area contributed by atoms with E-state index < -0.39 is 0 Å². The molecule has 1 N–H and O–H groups in total. The molecule has 0 fully saturated rings. The Labute approximate surface area is 225 Å². The van der Waals surface area contributed by atoms with E-state index in [-0.39, 0.29) is 0 Å². The number of nitrogens with one attached hydrogen (secondary N) is 1. The van der Waals surface area contributed by atoms with E-state index in [9.17, 15) is 0 Å². The van der Waals surface area contributed by atoms with Gasteiger partial charge in [-0.25, -0.2) is 24.5 Å². The minimum absolute atomic E-state index is 0.469. The van der Waals surface area contributed by atoms with Crippen LogP contribution in [-0.2, 0) is 6.42 Å². The molecule has 1 aromatic carbocycles. The Hall–Kier alpha value is -3.98. The number of hydrogen-bond donors (Lipinski definition) is 1. The third-order valence-corrected chi connectivity index (χ3v) is 7.16. The van der Waals surface area contributed by atoms with E-state index in [4.69, 9.17) is 21.3 Å². The van der Waals surface area contributed by atoms with Crippen molar-refractivity contribution >= 4 is 45.6 Å². The highest BCUT2D eigenvalue weighted by molar-refractivity contribution is 6.32. The highest BCUT2D eigenvalue weighted by Gasteiger charge is 2.22. The van der Waals surface area contributed by atoms with Gasteiger partial charge >= 0.3 is 0 Å². The Kier molecular flexibility index (Phi) is 6.68. The first-order chi connectivity index (χ1) is 18.6. The van der Waals surface area contributed by atoms with Crippen LogP contribution in [0.1, 0.15) is 38.7 Å². The van der Waals surface area contributed by atoms with E-state index in [1.807, 2.05) is 30.3 Å². The molecule has 1 unspecified atom stereocenters. The van der Waals surface area contributed by atoms with Gasteiger partial charge in [-0.3, -0.25) is 0 Å². The second kappa shape index (κ2) is 10.4. The van der Waals surface area contributed by atoms with Crippen LogP contribution >= 0.6 is 11.6 Å². The number of ether oxygens (including phenoxy) is 1. The van der Waals surface area contributed by atoms with Gasteiger partial charge in [-0.1, -0.05) is 31.9 Å². The number of pyridine rings is 2. The maximum atomic E-state index is 6.60. The second-order valence-corrected chi connectivity index (χ2v) is 10.2. The number of rotatable bonds is 7. The molecule has 5 aromatic rings. The van der Waals surface area contributed by atoms with Crippen LogP contribution in [0.5, 0.6) is 11.5 Å². The van der Waals surface area contributed by atoms with Gasteiger partial charge in [-0.2, -0.15) is 5.10 Å². The van der Waals surface area contributed by atoms with Crippen LogP contribution in [0.2, 0.25) is 5.02 Å². The average molecular weight is 529 g/mol. The van der Waals surface area contributed by atoms with Crippen molar-refractivity contribution in [3.05, 3.63) is 65.8 Å². The topological polar surface area (TPSA) is 93.4 Å². The van der Waals surface area contributed by atoms with E-state index in [0.717, 1.165) is 61.3 Å². The predicted octanol–water partition coefficient (Wildman–Crippen LogP) is 6.45. The monoisotopic (exact) mass is 528 g/mol. The van der Waals surface area contributed by atoms with Gasteiger partial charge < -0.3 is 15.0 Å². The fourth-order valence-corrected chi connectivity index (χ4v) is 5.07. The number of anilines is 3. The Morgan fingerprint density at radius 3 is 2.89 bits per heavy atom. The lowest BCUT2D eigenvalue weighted by atomic mass is 10.0. The standard InChI is InChI=1S/C28H29ClN8O/c1-3-4-10-36-15-18(2)5-6-19-12-23-26(35-28(19)36)27(32-16-30-23)34-20-7-8-24(22(29)13-20)38-21-9-11-37-25(14-21)31-17-33-37/h7-9,11-14,16-18H,3-6,10,15H2,1-2H3,(H,30,32,34). The molecule has 4 aromatic heterocycles. The SMILES string of the molecule is CCCCN1CC(C)CCc2cc3ncnc(Nc4ccc(Oc5ccn6ncnc6c5)c(Cl)c4)c3nc21. The summed E-state index contributed by atoms with van der Waals surface area (Å²) in [5.74, 6) is 3.49. The third kappa shape index (κ3) is 4.93. The normalized spacial score (nSPS) is 15.4. The molecule has 0 bridgehead atoms. The fourth-order valence-electron chi connectivity index (χ4n) is 4.85. The number of nitrogens with zero attached hydrogens (tertiary/aromatic N) is 7. The number of fused-ring (bicyclic) bond motifs is 3. The number of benzene rings is 1. The summed E-state index contributed by atoms with van der Waals surface area (Å²) in [6.45, 7) is 6.57. The molecule has 6 rings (SSSR count). The number of unbranched alkanes of at least 4 members (excludes halogenated alkanes) is 1. The summed E-state index contributed by atoms with van der Waals surface area (Å²) in [7, 11) is 0. The molecule has 0 radical (unpaired) electrons. The zero-order valence-corrected chi connectivity index (χ0v) is 22.2. The van der Waals surface area contributed by atoms with Crippen molar-refractivity contribution < 1.29 is 4.74 Å². The zero-order chi connectivity index (χ0) is 26.1. The van der Waals surface area contributed by atoms with E-state index in [0.29, 0.717) is 33.9 Å². The Morgan fingerprint density at radius 1 is 1.11 bits per heavy atom. The molecule has 0 spiro atoms. The lowest BCUT2D eigenvalue weighted by molar-refractivity contribution is 0.482. The molecule has 1 aliphatic heterocycles. The number of halogens is 1. The van der Waals surface area contributed by atoms with Crippen molar-refractivity contribution in [3.8, 4) is 11.5 Å². The molecule has 38 heavy (non-hydrogen) atoms. The number of hydrogen-bond acceptors (Lipinski definition) is 8. The highest BCUT2D eigenvalue weighted by Crippen LogP contribution is 2.35. The zero-order valence-electron chi connectivity index (χ0n) is 21.4. The van der Waals surface area contributed by atoms with Crippen LogP contribution in [0.4, 0.5) is 17.3 Å². The maximum Gasteiger partial charge on any atom is 0.160 e. The molecule has 10 heteroatoms. The van der Waals surface area contributed by atoms with E-state index >= 15 is 0 Å². The first-order valence-electron chi connectivity index (χ1n) is 13.0. The van der Waals surface area contributed by atoms with Gasteiger partial charge in [0.2, 0.25) is 0 Å². The molecule has 5 heterocycles. The molecule has 194 valence electrons. The summed E-state index contributed by atoms with van der Waals surface area (Å²) >= 11 is 6.60. The van der Waals surface area contributed by atoms with E-state index in [2.05, 4.69) is 50.2 Å². The highest BCUT2D eigenvalue weighted by atomic mass is 35.5. The van der Waals surface area contributed by atoms with E-state index in [1.54, 1.807) is 17.0 Å². The maximum absolute atomic E-state index is 6.60. The van der Waals surface area contributed by atoms with Crippen LogP contribution in [0.15, 0.2) is 55.2 Å². The largest absolute Gasteiger partial charge is 0.456 e. The van der Waals surface area contributed by atoms with Crippen molar-refractivity contribution in [3.63, 3.8) is 0 Å². The first kappa shape index (κ1) is 24.4. The predicted molar refractivity (Wildman–Crippen MR) is 150 cm³/mol. The minimum Gasteiger partial charge on any atom is -0.456 e. The van der Waals surface area contributed by atoms with Gasteiger partial charge in [0.1, 0.15) is 35.5 Å². The lowest BCUT2D eigenvalue weighted by Gasteiger charge is -2.26. The van der Waals surface area contributed by atoms with Crippen molar-refractivity contribution in [1.82, 2.24) is 29.5 Å². The van der Waals surface area contributed by atoms with Gasteiger partial charge in [-0.15, -0.1) is 0 Å². The fraction of sp³-hybridized carbons (Fsp3) is 0.321. The Bertz CT molecular complexity index is 1600.